The standard InChI is InChI=1S/C36H38N4O4/c1-44-32-14-8-11-27(23-32)25-37-34(41)30-19-21-40(22-20-30)35(42)33(24-26-9-4-2-5-10-26)39-36(43)38-31-17-15-29(16-18-31)28-12-6-3-7-13-28/h2-18,23,30,33H,19-22,24-25H2,1H3,(H,37,41)(H2,38,39,43)/t33-/m0/s1. The van der Waals surface area contributed by atoms with Gasteiger partial charge in [0.2, 0.25) is 11.8 Å². The quantitative estimate of drug-likeness (QED) is 0.222. The number of anilines is 1. The Morgan fingerprint density at radius 3 is 2.11 bits per heavy atom. The molecule has 4 amide bonds. The van der Waals surface area contributed by atoms with Crippen molar-refractivity contribution < 1.29 is 19.1 Å². The molecule has 8 heteroatoms. The summed E-state index contributed by atoms with van der Waals surface area (Å²) in [5.41, 5.74) is 4.69. The van der Waals surface area contributed by atoms with Crippen LogP contribution in [0.15, 0.2) is 109 Å². The number of piperidine rings is 1. The molecule has 0 spiro atoms. The van der Waals surface area contributed by atoms with Gasteiger partial charge >= 0.3 is 6.03 Å². The Labute approximate surface area is 258 Å². The van der Waals surface area contributed by atoms with Crippen molar-refractivity contribution in [2.45, 2.75) is 31.8 Å². The Balaban J connectivity index is 1.17. The molecule has 0 bridgehead atoms. The van der Waals surface area contributed by atoms with Crippen molar-refractivity contribution in [2.24, 2.45) is 5.92 Å². The fourth-order valence-corrected chi connectivity index (χ4v) is 5.45. The Kier molecular flexibility index (Phi) is 10.3. The molecule has 0 aliphatic carbocycles. The molecule has 0 unspecified atom stereocenters. The largest absolute Gasteiger partial charge is 0.497 e. The first-order chi connectivity index (χ1) is 21.5. The van der Waals surface area contributed by atoms with Crippen molar-refractivity contribution in [1.29, 1.82) is 0 Å². The lowest BCUT2D eigenvalue weighted by Gasteiger charge is -2.34. The van der Waals surface area contributed by atoms with Crippen molar-refractivity contribution in [2.75, 3.05) is 25.5 Å². The van der Waals surface area contributed by atoms with Crippen LogP contribution in [0.2, 0.25) is 0 Å². The third kappa shape index (κ3) is 8.25. The second-order valence-electron chi connectivity index (χ2n) is 11.0. The van der Waals surface area contributed by atoms with Gasteiger partial charge in [0.15, 0.2) is 0 Å². The highest BCUT2D eigenvalue weighted by atomic mass is 16.5. The molecule has 1 saturated heterocycles. The van der Waals surface area contributed by atoms with Crippen molar-refractivity contribution in [3.8, 4) is 16.9 Å². The second-order valence-corrected chi connectivity index (χ2v) is 11.0. The lowest BCUT2D eigenvalue weighted by atomic mass is 9.94. The molecule has 1 fully saturated rings. The number of ether oxygens (including phenoxy) is 1. The molecule has 8 nitrogen and oxygen atoms in total. The third-order valence-corrected chi connectivity index (χ3v) is 7.91. The average molecular weight is 591 g/mol. The molecule has 4 aromatic rings. The average Bonchev–Trinajstić information content (AvgIpc) is 3.08. The van der Waals surface area contributed by atoms with E-state index in [0.29, 0.717) is 44.6 Å². The molecule has 4 aromatic carbocycles. The number of likely N-dealkylation sites (tertiary alicyclic amines) is 1. The van der Waals surface area contributed by atoms with E-state index < -0.39 is 12.1 Å². The predicted octanol–water partition coefficient (Wildman–Crippen LogP) is 5.65. The zero-order valence-electron chi connectivity index (χ0n) is 24.9. The van der Waals surface area contributed by atoms with Crippen molar-refractivity contribution in [1.82, 2.24) is 15.5 Å². The van der Waals surface area contributed by atoms with Crippen LogP contribution < -0.4 is 20.7 Å². The summed E-state index contributed by atoms with van der Waals surface area (Å²) >= 11 is 0. The van der Waals surface area contributed by atoms with Gasteiger partial charge in [-0.25, -0.2) is 4.79 Å². The molecule has 3 N–H and O–H groups in total. The Morgan fingerprint density at radius 2 is 1.43 bits per heavy atom. The zero-order chi connectivity index (χ0) is 30.7. The third-order valence-electron chi connectivity index (χ3n) is 7.91. The number of carbonyl (C=O) groups is 3. The first-order valence-electron chi connectivity index (χ1n) is 14.9. The van der Waals surface area contributed by atoms with E-state index in [1.54, 1.807) is 12.0 Å². The molecule has 0 saturated carbocycles. The van der Waals surface area contributed by atoms with Gasteiger partial charge in [-0.2, -0.15) is 0 Å². The lowest BCUT2D eigenvalue weighted by molar-refractivity contribution is -0.137. The number of nitrogens with zero attached hydrogens (tertiary/aromatic N) is 1. The van der Waals surface area contributed by atoms with Crippen LogP contribution in [0.5, 0.6) is 5.75 Å². The highest BCUT2D eigenvalue weighted by Gasteiger charge is 2.31. The van der Waals surface area contributed by atoms with E-state index >= 15 is 0 Å². The van der Waals surface area contributed by atoms with Crippen LogP contribution in [0, 0.1) is 5.92 Å². The summed E-state index contributed by atoms with van der Waals surface area (Å²) in [4.78, 5) is 41.4. The Morgan fingerprint density at radius 1 is 0.795 bits per heavy atom. The number of amides is 4. The summed E-state index contributed by atoms with van der Waals surface area (Å²) in [6.07, 6.45) is 1.49. The number of urea groups is 1. The summed E-state index contributed by atoms with van der Waals surface area (Å²) < 4.78 is 5.26. The summed E-state index contributed by atoms with van der Waals surface area (Å²) in [5, 5.41) is 8.80. The minimum Gasteiger partial charge on any atom is -0.497 e. The van der Waals surface area contributed by atoms with E-state index in [-0.39, 0.29) is 17.7 Å². The molecule has 0 aromatic heterocycles. The normalized spacial score (nSPS) is 13.9. The summed E-state index contributed by atoms with van der Waals surface area (Å²) in [6.45, 7) is 1.32. The SMILES string of the molecule is COc1cccc(CNC(=O)C2CCN(C(=O)[C@H](Cc3ccccc3)NC(=O)Nc3ccc(-c4ccccc4)cc3)CC2)c1. The summed E-state index contributed by atoms with van der Waals surface area (Å²) in [6, 6.07) is 33.7. The fourth-order valence-electron chi connectivity index (χ4n) is 5.45. The monoisotopic (exact) mass is 590 g/mol. The van der Waals surface area contributed by atoms with E-state index in [1.807, 2.05) is 109 Å². The predicted molar refractivity (Wildman–Crippen MR) is 172 cm³/mol. The van der Waals surface area contributed by atoms with Crippen molar-refractivity contribution in [3.05, 3.63) is 120 Å². The molecular formula is C36H38N4O4. The van der Waals surface area contributed by atoms with E-state index in [0.717, 1.165) is 28.0 Å². The van der Waals surface area contributed by atoms with Gasteiger partial charge in [0, 0.05) is 37.7 Å². The van der Waals surface area contributed by atoms with E-state index in [9.17, 15) is 14.4 Å². The van der Waals surface area contributed by atoms with Gasteiger partial charge in [-0.1, -0.05) is 84.9 Å². The maximum Gasteiger partial charge on any atom is 0.319 e. The number of hydrogen-bond donors (Lipinski definition) is 3. The van der Waals surface area contributed by atoms with Gasteiger partial charge in [-0.05, 0) is 59.4 Å². The Hall–Kier alpha value is -5.11. The maximum absolute atomic E-state index is 13.7. The lowest BCUT2D eigenvalue weighted by Crippen LogP contribution is -2.53. The molecule has 1 aliphatic heterocycles. The highest BCUT2D eigenvalue weighted by Crippen LogP contribution is 2.22. The molecule has 0 radical (unpaired) electrons. The highest BCUT2D eigenvalue weighted by molar-refractivity contribution is 5.94. The molecule has 226 valence electrons. The first kappa shape index (κ1) is 30.4. The number of carbonyl (C=O) groups excluding carboxylic acids is 3. The molecule has 1 atom stereocenters. The van der Waals surface area contributed by atoms with Crippen LogP contribution in [0.25, 0.3) is 11.1 Å². The number of nitrogens with one attached hydrogen (secondary N) is 3. The van der Waals surface area contributed by atoms with Gasteiger partial charge < -0.3 is 25.6 Å². The molecule has 1 aliphatic rings. The minimum absolute atomic E-state index is 0.0171. The summed E-state index contributed by atoms with van der Waals surface area (Å²) in [7, 11) is 1.61. The maximum atomic E-state index is 13.7. The van der Waals surface area contributed by atoms with Crippen LogP contribution in [-0.4, -0.2) is 49.0 Å². The van der Waals surface area contributed by atoms with Crippen molar-refractivity contribution >= 4 is 23.5 Å². The van der Waals surface area contributed by atoms with Crippen LogP contribution in [0.1, 0.15) is 24.0 Å². The van der Waals surface area contributed by atoms with Crippen LogP contribution in [0.3, 0.4) is 0 Å². The minimum atomic E-state index is -0.751. The van der Waals surface area contributed by atoms with E-state index in [4.69, 9.17) is 4.74 Å². The first-order valence-corrected chi connectivity index (χ1v) is 14.9. The fraction of sp³-hybridized carbons (Fsp3) is 0.250. The van der Waals surface area contributed by atoms with Gasteiger partial charge in [0.05, 0.1) is 7.11 Å². The van der Waals surface area contributed by atoms with Gasteiger partial charge in [0.25, 0.3) is 0 Å². The second kappa shape index (κ2) is 14.9. The van der Waals surface area contributed by atoms with Crippen molar-refractivity contribution in [3.63, 3.8) is 0 Å². The Bertz CT molecular complexity index is 1540. The number of hydrogen-bond acceptors (Lipinski definition) is 4. The topological polar surface area (TPSA) is 99.8 Å². The van der Waals surface area contributed by atoms with Gasteiger partial charge in [-0.3, -0.25) is 9.59 Å². The molecule has 5 rings (SSSR count). The smallest absolute Gasteiger partial charge is 0.319 e. The molecular weight excluding hydrogens is 552 g/mol. The number of rotatable bonds is 10. The number of benzene rings is 4. The van der Waals surface area contributed by atoms with Crippen LogP contribution >= 0.6 is 0 Å². The van der Waals surface area contributed by atoms with Crippen LogP contribution in [0.4, 0.5) is 10.5 Å². The number of methoxy groups -OCH3 is 1. The van der Waals surface area contributed by atoms with Gasteiger partial charge in [-0.15, -0.1) is 0 Å². The van der Waals surface area contributed by atoms with Crippen LogP contribution in [-0.2, 0) is 22.6 Å². The van der Waals surface area contributed by atoms with E-state index in [1.165, 1.54) is 0 Å². The zero-order valence-corrected chi connectivity index (χ0v) is 24.9. The summed E-state index contributed by atoms with van der Waals surface area (Å²) in [5.74, 6) is 0.402. The van der Waals surface area contributed by atoms with E-state index in [2.05, 4.69) is 16.0 Å². The molecule has 44 heavy (non-hydrogen) atoms. The molecule has 1 heterocycles. The van der Waals surface area contributed by atoms with Gasteiger partial charge in [0.1, 0.15) is 11.8 Å².